The van der Waals surface area contributed by atoms with E-state index in [1.807, 2.05) is 0 Å². The average Bonchev–Trinajstić information content (AvgIpc) is 2.75. The van der Waals surface area contributed by atoms with Crippen LogP contribution in [0.2, 0.25) is 0 Å². The fraction of sp³-hybridized carbons (Fsp3) is 0.364. The maximum absolute atomic E-state index is 13.0. The van der Waals surface area contributed by atoms with Gasteiger partial charge in [0.25, 0.3) is 0 Å². The number of nitrogens with one attached hydrogen (secondary N) is 2. The van der Waals surface area contributed by atoms with Crippen LogP contribution in [-0.2, 0) is 26.0 Å². The van der Waals surface area contributed by atoms with Crippen LogP contribution in [0.15, 0.2) is 59.5 Å². The van der Waals surface area contributed by atoms with Crippen LogP contribution in [0, 0.1) is 0 Å². The van der Waals surface area contributed by atoms with Crippen molar-refractivity contribution in [1.29, 1.82) is 0 Å². The zero-order valence-electron chi connectivity index (χ0n) is 17.9. The molecule has 32 heavy (non-hydrogen) atoms. The zero-order chi connectivity index (χ0) is 23.1. The maximum atomic E-state index is 13.0. The lowest BCUT2D eigenvalue weighted by molar-refractivity contribution is -0.114. The summed E-state index contributed by atoms with van der Waals surface area (Å²) in [6, 6.07) is 15.2. The van der Waals surface area contributed by atoms with Crippen molar-refractivity contribution < 1.29 is 22.7 Å². The van der Waals surface area contributed by atoms with Crippen LogP contribution in [0.3, 0.4) is 0 Å². The van der Waals surface area contributed by atoms with Gasteiger partial charge in [-0.15, -0.1) is 0 Å². The largest absolute Gasteiger partial charge is 0.429 e. The molecule has 1 aliphatic rings. The lowest BCUT2D eigenvalue weighted by Crippen LogP contribution is -2.50. The molecular weight excluding hydrogens is 432 g/mol. The average molecular weight is 461 g/mol. The van der Waals surface area contributed by atoms with Gasteiger partial charge in [-0.25, -0.2) is 13.2 Å². The smallest absolute Gasteiger partial charge is 0.409 e. The third-order valence-electron chi connectivity index (χ3n) is 5.03. The number of alkyl carbamates (subject to hydrolysis) is 1. The molecule has 172 valence electrons. The minimum absolute atomic E-state index is 0.162. The summed E-state index contributed by atoms with van der Waals surface area (Å²) in [5.41, 5.74) is 7.55. The molecule has 2 amide bonds. The predicted molar refractivity (Wildman–Crippen MR) is 120 cm³/mol. The molecule has 1 aliphatic heterocycles. The summed E-state index contributed by atoms with van der Waals surface area (Å²) in [6.07, 6.45) is -0.180. The van der Waals surface area contributed by atoms with E-state index in [9.17, 15) is 18.0 Å². The predicted octanol–water partition coefficient (Wildman–Crippen LogP) is 2.40. The Balaban J connectivity index is 1.58. The fourth-order valence-corrected chi connectivity index (χ4v) is 5.14. The summed E-state index contributed by atoms with van der Waals surface area (Å²) in [5.74, 6) is -0.162. The van der Waals surface area contributed by atoms with Gasteiger partial charge in [-0.05, 0) is 49.1 Å². The topological polar surface area (TPSA) is 131 Å². The highest BCUT2D eigenvalue weighted by Gasteiger charge is 2.36. The standard InChI is InChI=1S/C22H28N4O5S/c1-16(27)24-18-12-10-17(11-13-18)15-20(23)25-22(28)31-21-9-5-6-14-26(21)32(29,30)19-7-3-2-4-8-19/h2-4,7-8,10-13,20-21H,5-6,9,14-15,23H2,1H3,(H,24,27)(H,25,28)/t20-,21-/m0/s1. The molecule has 2 atom stereocenters. The number of nitrogens with two attached hydrogens (primary N) is 1. The van der Waals surface area contributed by atoms with Gasteiger partial charge in [-0.1, -0.05) is 30.3 Å². The normalized spacial score (nSPS) is 17.9. The first kappa shape index (κ1) is 23.7. The molecule has 1 fully saturated rings. The van der Waals surface area contributed by atoms with Crippen LogP contribution in [-0.4, -0.2) is 43.7 Å². The Kier molecular flexibility index (Phi) is 7.84. The van der Waals surface area contributed by atoms with Gasteiger partial charge < -0.3 is 21.1 Å². The summed E-state index contributed by atoms with van der Waals surface area (Å²) >= 11 is 0. The van der Waals surface area contributed by atoms with Gasteiger partial charge >= 0.3 is 6.09 Å². The van der Waals surface area contributed by atoms with Crippen LogP contribution in [0.25, 0.3) is 0 Å². The van der Waals surface area contributed by atoms with Gasteiger partial charge in [0, 0.05) is 25.6 Å². The highest BCUT2D eigenvalue weighted by atomic mass is 32.2. The van der Waals surface area contributed by atoms with Gasteiger partial charge in [0.2, 0.25) is 15.9 Å². The van der Waals surface area contributed by atoms with E-state index in [4.69, 9.17) is 10.5 Å². The SMILES string of the molecule is CC(=O)Nc1ccc(C[C@@H](N)NC(=O)O[C@H]2CCCCN2S(=O)(=O)c2ccccc2)cc1. The molecule has 1 saturated heterocycles. The number of nitrogens with zero attached hydrogens (tertiary/aromatic N) is 1. The van der Waals surface area contributed by atoms with Crippen LogP contribution in [0.5, 0.6) is 0 Å². The van der Waals surface area contributed by atoms with Gasteiger partial charge in [-0.2, -0.15) is 4.31 Å². The Hall–Kier alpha value is -2.95. The molecule has 3 rings (SSSR count). The van der Waals surface area contributed by atoms with Crippen LogP contribution in [0.1, 0.15) is 31.7 Å². The molecule has 0 spiro atoms. The highest BCUT2D eigenvalue weighted by Crippen LogP contribution is 2.26. The number of ether oxygens (including phenoxy) is 1. The second kappa shape index (κ2) is 10.6. The lowest BCUT2D eigenvalue weighted by atomic mass is 10.1. The molecule has 9 nitrogen and oxygen atoms in total. The van der Waals surface area contributed by atoms with E-state index in [1.165, 1.54) is 23.4 Å². The molecule has 1 heterocycles. The van der Waals surface area contributed by atoms with Gasteiger partial charge in [-0.3, -0.25) is 4.79 Å². The number of carbonyl (C=O) groups excluding carboxylic acids is 2. The first-order valence-electron chi connectivity index (χ1n) is 10.4. The van der Waals surface area contributed by atoms with E-state index in [0.29, 0.717) is 24.9 Å². The molecule has 10 heteroatoms. The quantitative estimate of drug-likeness (QED) is 0.544. The molecule has 0 aromatic heterocycles. The van der Waals surface area contributed by atoms with Crippen molar-refractivity contribution in [2.45, 2.75) is 49.9 Å². The van der Waals surface area contributed by atoms with E-state index in [2.05, 4.69) is 10.6 Å². The Morgan fingerprint density at radius 2 is 1.81 bits per heavy atom. The number of piperidine rings is 1. The molecule has 0 bridgehead atoms. The number of amides is 2. The summed E-state index contributed by atoms with van der Waals surface area (Å²) in [7, 11) is -3.78. The van der Waals surface area contributed by atoms with Crippen molar-refractivity contribution in [3.63, 3.8) is 0 Å². The van der Waals surface area contributed by atoms with Crippen LogP contribution >= 0.6 is 0 Å². The number of rotatable bonds is 7. The summed E-state index contributed by atoms with van der Waals surface area (Å²) in [4.78, 5) is 23.7. The van der Waals surface area contributed by atoms with E-state index in [1.54, 1.807) is 42.5 Å². The Labute approximate surface area is 188 Å². The second-order valence-electron chi connectivity index (χ2n) is 7.62. The van der Waals surface area contributed by atoms with Crippen molar-refractivity contribution in [2.24, 2.45) is 5.73 Å². The molecular formula is C22H28N4O5S. The van der Waals surface area contributed by atoms with Crippen molar-refractivity contribution in [1.82, 2.24) is 9.62 Å². The van der Waals surface area contributed by atoms with E-state index in [0.717, 1.165) is 12.0 Å². The number of carbonyl (C=O) groups is 2. The van der Waals surface area contributed by atoms with E-state index < -0.39 is 28.5 Å². The molecule has 0 unspecified atom stereocenters. The maximum Gasteiger partial charge on any atom is 0.409 e. The molecule has 0 radical (unpaired) electrons. The first-order valence-corrected chi connectivity index (χ1v) is 11.9. The van der Waals surface area contributed by atoms with Crippen molar-refractivity contribution in [3.05, 3.63) is 60.2 Å². The fourth-order valence-electron chi connectivity index (χ4n) is 3.54. The third-order valence-corrected chi connectivity index (χ3v) is 6.93. The highest BCUT2D eigenvalue weighted by molar-refractivity contribution is 7.89. The van der Waals surface area contributed by atoms with E-state index in [-0.39, 0.29) is 17.3 Å². The summed E-state index contributed by atoms with van der Waals surface area (Å²) in [6.45, 7) is 1.71. The third kappa shape index (κ3) is 6.28. The molecule has 0 saturated carbocycles. The number of sulfonamides is 1. The Bertz CT molecular complexity index is 1030. The van der Waals surface area contributed by atoms with Crippen molar-refractivity contribution >= 4 is 27.7 Å². The molecule has 2 aromatic rings. The zero-order valence-corrected chi connectivity index (χ0v) is 18.7. The number of hydrogen-bond acceptors (Lipinski definition) is 6. The monoisotopic (exact) mass is 460 g/mol. The van der Waals surface area contributed by atoms with Crippen LogP contribution in [0.4, 0.5) is 10.5 Å². The minimum Gasteiger partial charge on any atom is -0.429 e. The second-order valence-corrected chi connectivity index (χ2v) is 9.51. The van der Waals surface area contributed by atoms with Gasteiger partial charge in [0.05, 0.1) is 11.1 Å². The minimum atomic E-state index is -3.78. The van der Waals surface area contributed by atoms with Gasteiger partial charge in [0.1, 0.15) is 0 Å². The molecule has 2 aromatic carbocycles. The van der Waals surface area contributed by atoms with Crippen LogP contribution < -0.4 is 16.4 Å². The Morgan fingerprint density at radius 3 is 2.47 bits per heavy atom. The number of hydrogen-bond donors (Lipinski definition) is 3. The van der Waals surface area contributed by atoms with Crippen molar-refractivity contribution in [3.8, 4) is 0 Å². The van der Waals surface area contributed by atoms with E-state index >= 15 is 0 Å². The summed E-state index contributed by atoms with van der Waals surface area (Å²) in [5, 5.41) is 5.24. The summed E-state index contributed by atoms with van der Waals surface area (Å²) < 4.78 is 32.7. The van der Waals surface area contributed by atoms with Gasteiger partial charge in [0.15, 0.2) is 6.23 Å². The number of benzene rings is 2. The lowest BCUT2D eigenvalue weighted by Gasteiger charge is -2.34. The molecule has 4 N–H and O–H groups in total. The molecule has 0 aliphatic carbocycles. The first-order chi connectivity index (χ1) is 15.3. The number of anilines is 1. The van der Waals surface area contributed by atoms with Crippen molar-refractivity contribution in [2.75, 3.05) is 11.9 Å². The Morgan fingerprint density at radius 1 is 1.12 bits per heavy atom.